The third-order valence-electron chi connectivity index (χ3n) is 4.71. The topological polar surface area (TPSA) is 61.4 Å². The first kappa shape index (κ1) is 17.2. The van der Waals surface area contributed by atoms with Crippen molar-refractivity contribution in [3.8, 4) is 0 Å². The Hall–Kier alpha value is -0.170. The molecule has 2 aliphatic rings. The number of hydrogen-bond donors (Lipinski definition) is 2. The van der Waals surface area contributed by atoms with Gasteiger partial charge in [0.1, 0.15) is 0 Å². The van der Waals surface area contributed by atoms with E-state index in [2.05, 4.69) is 23.9 Å². The molecule has 6 heteroatoms. The zero-order valence-corrected chi connectivity index (χ0v) is 14.3. The van der Waals surface area contributed by atoms with E-state index >= 15 is 0 Å². The van der Waals surface area contributed by atoms with Crippen molar-refractivity contribution in [3.63, 3.8) is 0 Å². The van der Waals surface area contributed by atoms with Crippen LogP contribution in [0.15, 0.2) is 0 Å². The van der Waals surface area contributed by atoms with Crippen LogP contribution < -0.4 is 10.0 Å². The predicted octanol–water partition coefficient (Wildman–Crippen LogP) is 1.86. The summed E-state index contributed by atoms with van der Waals surface area (Å²) in [5.41, 5.74) is 0. The van der Waals surface area contributed by atoms with Crippen LogP contribution >= 0.6 is 0 Å². The highest BCUT2D eigenvalue weighted by molar-refractivity contribution is 7.87. The summed E-state index contributed by atoms with van der Waals surface area (Å²) in [7, 11) is -3.32. The van der Waals surface area contributed by atoms with Crippen molar-refractivity contribution in [1.82, 2.24) is 14.3 Å². The van der Waals surface area contributed by atoms with Gasteiger partial charge in [-0.3, -0.25) is 0 Å². The van der Waals surface area contributed by atoms with Crippen molar-refractivity contribution < 1.29 is 8.42 Å². The van der Waals surface area contributed by atoms with E-state index in [1.807, 2.05) is 0 Å². The lowest BCUT2D eigenvalue weighted by atomic mass is 9.83. The largest absolute Gasteiger partial charge is 0.313 e. The van der Waals surface area contributed by atoms with Gasteiger partial charge in [0.05, 0.1) is 0 Å². The van der Waals surface area contributed by atoms with Gasteiger partial charge in [0.25, 0.3) is 10.2 Å². The quantitative estimate of drug-likeness (QED) is 0.718. The van der Waals surface area contributed by atoms with E-state index in [0.717, 1.165) is 38.1 Å². The molecule has 2 rings (SSSR count). The minimum absolute atomic E-state index is 0.0994. The van der Waals surface area contributed by atoms with Crippen molar-refractivity contribution in [3.05, 3.63) is 0 Å². The van der Waals surface area contributed by atoms with Crippen LogP contribution in [0.25, 0.3) is 0 Å². The Balaban J connectivity index is 1.84. The standard InChI is InChI=1S/C15H31N3O2S/c1-13(2)16-12-15-8-3-4-11-18(15)21(19,20)17-10-9-14-6-5-7-14/h13-17H,3-12H2,1-2H3. The highest BCUT2D eigenvalue weighted by atomic mass is 32.2. The van der Waals surface area contributed by atoms with E-state index in [0.29, 0.717) is 19.1 Å². The lowest BCUT2D eigenvalue weighted by molar-refractivity contribution is 0.238. The summed E-state index contributed by atoms with van der Waals surface area (Å²) in [5.74, 6) is 0.743. The molecule has 1 atom stereocenters. The number of hydrogen-bond acceptors (Lipinski definition) is 3. The molecule has 2 N–H and O–H groups in total. The van der Waals surface area contributed by atoms with Crippen molar-refractivity contribution in [2.75, 3.05) is 19.6 Å². The molecular formula is C15H31N3O2S. The normalized spacial score (nSPS) is 25.2. The molecule has 0 radical (unpaired) electrons. The van der Waals surface area contributed by atoms with Crippen molar-refractivity contribution in [2.24, 2.45) is 5.92 Å². The molecule has 21 heavy (non-hydrogen) atoms. The van der Waals surface area contributed by atoms with Crippen LogP contribution in [-0.4, -0.2) is 44.4 Å². The van der Waals surface area contributed by atoms with Crippen LogP contribution in [0.5, 0.6) is 0 Å². The Morgan fingerprint density at radius 1 is 1.14 bits per heavy atom. The highest BCUT2D eigenvalue weighted by Crippen LogP contribution is 2.29. The summed E-state index contributed by atoms with van der Waals surface area (Å²) in [6, 6.07) is 0.491. The Labute approximate surface area is 130 Å². The fraction of sp³-hybridized carbons (Fsp3) is 1.00. The monoisotopic (exact) mass is 317 g/mol. The Morgan fingerprint density at radius 2 is 1.90 bits per heavy atom. The summed E-state index contributed by atoms with van der Waals surface area (Å²) in [6.07, 6.45) is 7.90. The zero-order chi connectivity index (χ0) is 15.3. The molecule has 0 aromatic heterocycles. The molecule has 1 heterocycles. The van der Waals surface area contributed by atoms with E-state index in [-0.39, 0.29) is 6.04 Å². The van der Waals surface area contributed by atoms with Gasteiger partial charge >= 0.3 is 0 Å². The summed E-state index contributed by atoms with van der Waals surface area (Å²) in [4.78, 5) is 0. The van der Waals surface area contributed by atoms with Gasteiger partial charge in [-0.05, 0) is 25.2 Å². The summed E-state index contributed by atoms with van der Waals surface area (Å²) in [5, 5.41) is 3.38. The maximum Gasteiger partial charge on any atom is 0.279 e. The molecule has 1 saturated carbocycles. The summed E-state index contributed by atoms with van der Waals surface area (Å²) in [6.45, 7) is 6.19. The number of nitrogens with zero attached hydrogens (tertiary/aromatic N) is 1. The van der Waals surface area contributed by atoms with Crippen LogP contribution in [0.3, 0.4) is 0 Å². The molecule has 0 bridgehead atoms. The second-order valence-corrected chi connectivity index (χ2v) is 8.52. The van der Waals surface area contributed by atoms with Gasteiger partial charge in [-0.2, -0.15) is 12.7 Å². The molecule has 1 unspecified atom stereocenters. The molecular weight excluding hydrogens is 286 g/mol. The van der Waals surface area contributed by atoms with E-state index in [4.69, 9.17) is 0 Å². The molecule has 0 aromatic carbocycles. The molecule has 0 aromatic rings. The smallest absolute Gasteiger partial charge is 0.279 e. The maximum absolute atomic E-state index is 12.5. The Bertz CT molecular complexity index is 407. The number of piperidine rings is 1. The Morgan fingerprint density at radius 3 is 2.52 bits per heavy atom. The van der Waals surface area contributed by atoms with Gasteiger partial charge in [0.15, 0.2) is 0 Å². The van der Waals surface area contributed by atoms with E-state index in [1.54, 1.807) is 4.31 Å². The third kappa shape index (κ3) is 5.20. The SMILES string of the molecule is CC(C)NCC1CCCCN1S(=O)(=O)NCCC1CCC1. The van der Waals surface area contributed by atoms with Gasteiger partial charge in [0.2, 0.25) is 0 Å². The van der Waals surface area contributed by atoms with Gasteiger partial charge in [0, 0.05) is 31.7 Å². The average molecular weight is 317 g/mol. The van der Waals surface area contributed by atoms with Gasteiger partial charge in [-0.1, -0.05) is 39.5 Å². The second kappa shape index (κ2) is 7.90. The van der Waals surface area contributed by atoms with E-state index in [1.165, 1.54) is 19.3 Å². The maximum atomic E-state index is 12.5. The van der Waals surface area contributed by atoms with Crippen molar-refractivity contribution in [1.29, 1.82) is 0 Å². The van der Waals surface area contributed by atoms with E-state index in [9.17, 15) is 8.42 Å². The first-order valence-electron chi connectivity index (χ1n) is 8.49. The summed E-state index contributed by atoms with van der Waals surface area (Å²) < 4.78 is 29.5. The van der Waals surface area contributed by atoms with Crippen molar-refractivity contribution in [2.45, 2.75) is 70.9 Å². The van der Waals surface area contributed by atoms with Crippen LogP contribution in [0.2, 0.25) is 0 Å². The molecule has 2 fully saturated rings. The third-order valence-corrected chi connectivity index (χ3v) is 6.37. The molecule has 0 amide bonds. The zero-order valence-electron chi connectivity index (χ0n) is 13.5. The first-order chi connectivity index (χ1) is 9.99. The minimum Gasteiger partial charge on any atom is -0.313 e. The van der Waals surface area contributed by atoms with Crippen LogP contribution in [0.1, 0.15) is 58.8 Å². The van der Waals surface area contributed by atoms with Crippen LogP contribution in [-0.2, 0) is 10.2 Å². The molecule has 1 aliphatic carbocycles. The van der Waals surface area contributed by atoms with Gasteiger partial charge < -0.3 is 5.32 Å². The number of rotatable bonds is 8. The summed E-state index contributed by atoms with van der Waals surface area (Å²) >= 11 is 0. The average Bonchev–Trinajstić information content (AvgIpc) is 2.39. The Kier molecular flexibility index (Phi) is 6.47. The number of nitrogens with one attached hydrogen (secondary N) is 2. The molecule has 5 nitrogen and oxygen atoms in total. The van der Waals surface area contributed by atoms with E-state index < -0.39 is 10.2 Å². The van der Waals surface area contributed by atoms with Gasteiger partial charge in [-0.25, -0.2) is 4.72 Å². The molecule has 1 saturated heterocycles. The van der Waals surface area contributed by atoms with Crippen LogP contribution in [0, 0.1) is 5.92 Å². The van der Waals surface area contributed by atoms with Gasteiger partial charge in [-0.15, -0.1) is 0 Å². The first-order valence-corrected chi connectivity index (χ1v) is 9.93. The minimum atomic E-state index is -3.32. The molecule has 124 valence electrons. The predicted molar refractivity (Wildman–Crippen MR) is 86.4 cm³/mol. The highest BCUT2D eigenvalue weighted by Gasteiger charge is 2.32. The lowest BCUT2D eigenvalue weighted by Gasteiger charge is -2.35. The molecule has 0 spiro atoms. The van der Waals surface area contributed by atoms with Crippen molar-refractivity contribution >= 4 is 10.2 Å². The fourth-order valence-electron chi connectivity index (χ4n) is 3.12. The lowest BCUT2D eigenvalue weighted by Crippen LogP contribution is -2.53. The second-order valence-electron chi connectivity index (χ2n) is 6.81. The van der Waals surface area contributed by atoms with Crippen LogP contribution in [0.4, 0.5) is 0 Å². The fourth-order valence-corrected chi connectivity index (χ4v) is 4.61. The molecule has 1 aliphatic heterocycles.